The summed E-state index contributed by atoms with van der Waals surface area (Å²) in [7, 11) is 0. The lowest BCUT2D eigenvalue weighted by atomic mass is 10.2. The van der Waals surface area contributed by atoms with Crippen LogP contribution in [0.15, 0.2) is 48.8 Å². The third-order valence-electron chi connectivity index (χ3n) is 2.54. The lowest BCUT2D eigenvalue weighted by molar-refractivity contribution is -0.274. The quantitative estimate of drug-likeness (QED) is 0.914. The average Bonchev–Trinajstić information content (AvgIpc) is 2.38. The molecule has 3 nitrogen and oxygen atoms in total. The molecule has 0 unspecified atom stereocenters. The van der Waals surface area contributed by atoms with Gasteiger partial charge in [0.1, 0.15) is 5.75 Å². The van der Waals surface area contributed by atoms with Crippen LogP contribution in [0.5, 0.6) is 5.75 Å². The number of hydrogen-bond donors (Lipinski definition) is 1. The summed E-state index contributed by atoms with van der Waals surface area (Å²) in [6, 6.07) is 9.66. The van der Waals surface area contributed by atoms with Crippen LogP contribution in [0.1, 0.15) is 11.1 Å². The maximum atomic E-state index is 12.1. The van der Waals surface area contributed by atoms with E-state index in [0.29, 0.717) is 13.1 Å². The number of benzene rings is 1. The SMILES string of the molecule is FC(F)(F)Oc1cccc(CNCc2ccncc2)c1. The number of aromatic nitrogens is 1. The van der Waals surface area contributed by atoms with E-state index in [4.69, 9.17) is 0 Å². The number of nitrogens with one attached hydrogen (secondary N) is 1. The Hall–Kier alpha value is -2.08. The molecule has 0 fully saturated rings. The van der Waals surface area contributed by atoms with Crippen LogP contribution in [0.2, 0.25) is 0 Å². The van der Waals surface area contributed by atoms with Gasteiger partial charge in [-0.2, -0.15) is 0 Å². The molecule has 0 spiro atoms. The number of rotatable bonds is 5. The minimum absolute atomic E-state index is 0.208. The van der Waals surface area contributed by atoms with Gasteiger partial charge in [0, 0.05) is 25.5 Å². The molecular formula is C14H13F3N2O. The summed E-state index contributed by atoms with van der Waals surface area (Å²) in [5.74, 6) is -0.208. The molecule has 0 aliphatic rings. The van der Waals surface area contributed by atoms with E-state index in [0.717, 1.165) is 11.1 Å². The first-order chi connectivity index (χ1) is 9.53. The molecule has 0 bridgehead atoms. The van der Waals surface area contributed by atoms with Gasteiger partial charge in [-0.25, -0.2) is 0 Å². The van der Waals surface area contributed by atoms with Crippen molar-refractivity contribution in [3.8, 4) is 5.75 Å². The Morgan fingerprint density at radius 1 is 1.00 bits per heavy atom. The predicted molar refractivity (Wildman–Crippen MR) is 67.9 cm³/mol. The van der Waals surface area contributed by atoms with Gasteiger partial charge in [-0.1, -0.05) is 12.1 Å². The molecule has 0 radical (unpaired) electrons. The van der Waals surface area contributed by atoms with Gasteiger partial charge >= 0.3 is 6.36 Å². The van der Waals surface area contributed by atoms with Gasteiger partial charge in [0.25, 0.3) is 0 Å². The number of pyridine rings is 1. The first-order valence-corrected chi connectivity index (χ1v) is 5.97. The molecule has 1 aromatic heterocycles. The van der Waals surface area contributed by atoms with E-state index >= 15 is 0 Å². The maximum Gasteiger partial charge on any atom is 0.573 e. The zero-order chi connectivity index (χ0) is 14.4. The molecule has 0 saturated carbocycles. The highest BCUT2D eigenvalue weighted by Gasteiger charge is 2.31. The summed E-state index contributed by atoms with van der Waals surface area (Å²) in [5, 5.41) is 3.14. The maximum absolute atomic E-state index is 12.1. The third kappa shape index (κ3) is 4.89. The third-order valence-corrected chi connectivity index (χ3v) is 2.54. The molecule has 2 rings (SSSR count). The van der Waals surface area contributed by atoms with Crippen LogP contribution in [0.3, 0.4) is 0 Å². The zero-order valence-electron chi connectivity index (χ0n) is 10.5. The van der Waals surface area contributed by atoms with E-state index in [2.05, 4.69) is 15.0 Å². The molecule has 1 aromatic carbocycles. The second-order valence-electron chi connectivity index (χ2n) is 4.15. The Labute approximate surface area is 114 Å². The lowest BCUT2D eigenvalue weighted by Gasteiger charge is -2.10. The van der Waals surface area contributed by atoms with Crippen molar-refractivity contribution in [1.82, 2.24) is 10.3 Å². The molecule has 1 N–H and O–H groups in total. The van der Waals surface area contributed by atoms with Crippen LogP contribution in [0, 0.1) is 0 Å². The van der Waals surface area contributed by atoms with Crippen LogP contribution >= 0.6 is 0 Å². The van der Waals surface area contributed by atoms with Gasteiger partial charge in [-0.15, -0.1) is 13.2 Å². The van der Waals surface area contributed by atoms with E-state index in [9.17, 15) is 13.2 Å². The zero-order valence-corrected chi connectivity index (χ0v) is 10.5. The second-order valence-corrected chi connectivity index (χ2v) is 4.15. The van der Waals surface area contributed by atoms with Gasteiger partial charge in [-0.3, -0.25) is 4.98 Å². The van der Waals surface area contributed by atoms with Gasteiger partial charge in [0.05, 0.1) is 0 Å². The number of halogens is 3. The van der Waals surface area contributed by atoms with Crippen molar-refractivity contribution in [3.05, 3.63) is 59.9 Å². The van der Waals surface area contributed by atoms with Crippen molar-refractivity contribution in [3.63, 3.8) is 0 Å². The standard InChI is InChI=1S/C14H13F3N2O/c15-14(16,17)20-13-3-1-2-12(8-13)10-19-9-11-4-6-18-7-5-11/h1-8,19H,9-10H2. The Morgan fingerprint density at radius 2 is 1.70 bits per heavy atom. The van der Waals surface area contributed by atoms with Crippen molar-refractivity contribution >= 4 is 0 Å². The summed E-state index contributed by atoms with van der Waals surface area (Å²) in [4.78, 5) is 3.91. The fraction of sp³-hybridized carbons (Fsp3) is 0.214. The molecule has 0 saturated heterocycles. The molecule has 0 atom stereocenters. The van der Waals surface area contributed by atoms with Gasteiger partial charge < -0.3 is 10.1 Å². The predicted octanol–water partition coefficient (Wildman–Crippen LogP) is 3.27. The molecule has 20 heavy (non-hydrogen) atoms. The summed E-state index contributed by atoms with van der Waals surface area (Å²) >= 11 is 0. The van der Waals surface area contributed by atoms with E-state index < -0.39 is 6.36 Å². The number of ether oxygens (including phenoxy) is 1. The molecule has 1 heterocycles. The minimum Gasteiger partial charge on any atom is -0.406 e. The van der Waals surface area contributed by atoms with Gasteiger partial charge in [0.15, 0.2) is 0 Å². The molecule has 6 heteroatoms. The van der Waals surface area contributed by atoms with Crippen molar-refractivity contribution < 1.29 is 17.9 Å². The number of alkyl halides is 3. The topological polar surface area (TPSA) is 34.1 Å². The second kappa shape index (κ2) is 6.38. The Kier molecular flexibility index (Phi) is 4.57. The monoisotopic (exact) mass is 282 g/mol. The lowest BCUT2D eigenvalue weighted by Crippen LogP contribution is -2.17. The first-order valence-electron chi connectivity index (χ1n) is 5.97. The van der Waals surface area contributed by atoms with Crippen molar-refractivity contribution in [2.75, 3.05) is 0 Å². The van der Waals surface area contributed by atoms with Crippen LogP contribution < -0.4 is 10.1 Å². The summed E-state index contributed by atoms with van der Waals surface area (Å²) in [6.07, 6.45) is -1.29. The molecule has 2 aromatic rings. The molecule has 0 aliphatic carbocycles. The normalized spacial score (nSPS) is 11.3. The fourth-order valence-corrected chi connectivity index (χ4v) is 1.70. The average molecular weight is 282 g/mol. The smallest absolute Gasteiger partial charge is 0.406 e. The molecule has 0 amide bonds. The number of hydrogen-bond acceptors (Lipinski definition) is 3. The molecule has 0 aliphatic heterocycles. The summed E-state index contributed by atoms with van der Waals surface area (Å²) in [6.45, 7) is 1.07. The highest BCUT2D eigenvalue weighted by atomic mass is 19.4. The molecular weight excluding hydrogens is 269 g/mol. The van der Waals surface area contributed by atoms with E-state index in [-0.39, 0.29) is 5.75 Å². The largest absolute Gasteiger partial charge is 0.573 e. The highest BCUT2D eigenvalue weighted by molar-refractivity contribution is 5.28. The van der Waals surface area contributed by atoms with Crippen molar-refractivity contribution in [1.29, 1.82) is 0 Å². The van der Waals surface area contributed by atoms with Crippen LogP contribution in [0.25, 0.3) is 0 Å². The summed E-state index contributed by atoms with van der Waals surface area (Å²) in [5.41, 5.74) is 1.78. The first kappa shape index (κ1) is 14.3. The highest BCUT2D eigenvalue weighted by Crippen LogP contribution is 2.23. The van der Waals surface area contributed by atoms with Crippen LogP contribution in [-0.4, -0.2) is 11.3 Å². The van der Waals surface area contributed by atoms with E-state index in [1.807, 2.05) is 12.1 Å². The van der Waals surface area contributed by atoms with Gasteiger partial charge in [0.2, 0.25) is 0 Å². The minimum atomic E-state index is -4.66. The Balaban J connectivity index is 1.88. The Bertz CT molecular complexity index is 544. The number of nitrogens with zero attached hydrogens (tertiary/aromatic N) is 1. The van der Waals surface area contributed by atoms with E-state index in [1.54, 1.807) is 18.5 Å². The van der Waals surface area contributed by atoms with Crippen molar-refractivity contribution in [2.45, 2.75) is 19.5 Å². The van der Waals surface area contributed by atoms with Crippen molar-refractivity contribution in [2.24, 2.45) is 0 Å². The fourth-order valence-electron chi connectivity index (χ4n) is 1.70. The summed E-state index contributed by atoms with van der Waals surface area (Å²) < 4.78 is 40.2. The van der Waals surface area contributed by atoms with Crippen LogP contribution in [0.4, 0.5) is 13.2 Å². The van der Waals surface area contributed by atoms with Crippen LogP contribution in [-0.2, 0) is 13.1 Å². The van der Waals surface area contributed by atoms with E-state index in [1.165, 1.54) is 18.2 Å². The molecule has 106 valence electrons. The van der Waals surface area contributed by atoms with Gasteiger partial charge in [-0.05, 0) is 35.4 Å². The Morgan fingerprint density at radius 3 is 2.40 bits per heavy atom.